The second-order valence-electron chi connectivity index (χ2n) is 6.51. The monoisotopic (exact) mass is 368 g/mol. The molecule has 7 heteroatoms. The van der Waals surface area contributed by atoms with Crippen molar-refractivity contribution >= 4 is 17.6 Å². The maximum absolute atomic E-state index is 12.5. The zero-order chi connectivity index (χ0) is 19.4. The number of hydrogen-bond acceptors (Lipinski definition) is 5. The Bertz CT molecular complexity index is 880. The van der Waals surface area contributed by atoms with Crippen LogP contribution < -0.4 is 5.32 Å². The van der Waals surface area contributed by atoms with Crippen LogP contribution in [-0.2, 0) is 16.0 Å². The Hall–Kier alpha value is -3.22. The highest BCUT2D eigenvalue weighted by molar-refractivity contribution is 5.92. The number of hydrogen-bond donors (Lipinski definition) is 1. The van der Waals surface area contributed by atoms with Crippen molar-refractivity contribution in [3.8, 4) is 0 Å². The lowest BCUT2D eigenvalue weighted by Gasteiger charge is -2.27. The van der Waals surface area contributed by atoms with E-state index in [4.69, 9.17) is 4.74 Å². The number of nitro groups is 1. The topological polar surface area (TPSA) is 98.5 Å². The number of nitrogens with one attached hydrogen (secondary N) is 1. The maximum atomic E-state index is 12.5. The van der Waals surface area contributed by atoms with Crippen LogP contribution in [0, 0.1) is 10.1 Å². The second-order valence-corrected chi connectivity index (χ2v) is 6.51. The zero-order valence-corrected chi connectivity index (χ0v) is 14.9. The minimum atomic E-state index is -1.01. The van der Waals surface area contributed by atoms with Gasteiger partial charge in [0.05, 0.1) is 16.5 Å². The number of fused-ring (bicyclic) bond motifs is 1. The molecule has 0 fully saturated rings. The number of rotatable bonds is 5. The van der Waals surface area contributed by atoms with E-state index in [-0.39, 0.29) is 17.3 Å². The van der Waals surface area contributed by atoms with Crippen LogP contribution in [0.4, 0.5) is 5.69 Å². The van der Waals surface area contributed by atoms with E-state index in [0.717, 1.165) is 30.9 Å². The van der Waals surface area contributed by atoms with Crippen molar-refractivity contribution in [2.45, 2.75) is 38.3 Å². The van der Waals surface area contributed by atoms with Crippen LogP contribution in [0.5, 0.6) is 0 Å². The van der Waals surface area contributed by atoms with Crippen molar-refractivity contribution in [3.63, 3.8) is 0 Å². The van der Waals surface area contributed by atoms with Gasteiger partial charge in [-0.05, 0) is 43.4 Å². The average Bonchev–Trinajstić information content (AvgIpc) is 2.68. The van der Waals surface area contributed by atoms with Crippen LogP contribution in [0.15, 0.2) is 48.5 Å². The lowest BCUT2D eigenvalue weighted by molar-refractivity contribution is -0.384. The first-order valence-corrected chi connectivity index (χ1v) is 8.79. The van der Waals surface area contributed by atoms with Gasteiger partial charge in [0, 0.05) is 12.1 Å². The van der Waals surface area contributed by atoms with Crippen molar-refractivity contribution in [1.29, 1.82) is 0 Å². The van der Waals surface area contributed by atoms with Gasteiger partial charge >= 0.3 is 5.97 Å². The fourth-order valence-electron chi connectivity index (χ4n) is 3.22. The molecule has 2 atom stereocenters. The first-order chi connectivity index (χ1) is 13.0. The third kappa shape index (κ3) is 4.31. The average molecular weight is 368 g/mol. The number of carbonyl (C=O) groups excluding carboxylic acids is 2. The highest BCUT2D eigenvalue weighted by atomic mass is 16.6. The first-order valence-electron chi connectivity index (χ1n) is 8.79. The smallest absolute Gasteiger partial charge is 0.339 e. The number of ether oxygens (including phenoxy) is 1. The van der Waals surface area contributed by atoms with Crippen molar-refractivity contribution in [2.75, 3.05) is 0 Å². The third-order valence-electron chi connectivity index (χ3n) is 4.63. The summed E-state index contributed by atoms with van der Waals surface area (Å²) in [6, 6.07) is 13.1. The molecule has 140 valence electrons. The molecule has 0 aliphatic heterocycles. The van der Waals surface area contributed by atoms with Gasteiger partial charge in [-0.15, -0.1) is 0 Å². The van der Waals surface area contributed by atoms with Gasteiger partial charge in [-0.3, -0.25) is 14.9 Å². The van der Waals surface area contributed by atoms with Gasteiger partial charge in [0.1, 0.15) is 0 Å². The minimum absolute atomic E-state index is 0.0341. The Labute approximate surface area is 156 Å². The molecule has 0 heterocycles. The Kier molecular flexibility index (Phi) is 5.49. The number of esters is 1. The minimum Gasteiger partial charge on any atom is -0.449 e. The van der Waals surface area contributed by atoms with Gasteiger partial charge in [0.25, 0.3) is 11.6 Å². The summed E-state index contributed by atoms with van der Waals surface area (Å²) < 4.78 is 5.19. The summed E-state index contributed by atoms with van der Waals surface area (Å²) in [5, 5.41) is 13.8. The predicted octanol–water partition coefficient (Wildman–Crippen LogP) is 3.33. The molecule has 1 amide bonds. The van der Waals surface area contributed by atoms with Crippen LogP contribution in [0.2, 0.25) is 0 Å². The number of amides is 1. The first kappa shape index (κ1) is 18.6. The number of aryl methyl sites for hydroxylation is 1. The Morgan fingerprint density at radius 3 is 2.78 bits per heavy atom. The number of nitrogens with zero attached hydrogens (tertiary/aromatic N) is 1. The molecule has 2 aromatic rings. The molecule has 0 bridgehead atoms. The lowest BCUT2D eigenvalue weighted by Crippen LogP contribution is -2.39. The van der Waals surface area contributed by atoms with E-state index < -0.39 is 22.9 Å². The number of non-ortho nitro benzene ring substituents is 1. The largest absolute Gasteiger partial charge is 0.449 e. The summed E-state index contributed by atoms with van der Waals surface area (Å²) in [6.07, 6.45) is 1.78. The highest BCUT2D eigenvalue weighted by Crippen LogP contribution is 2.29. The predicted molar refractivity (Wildman–Crippen MR) is 98.2 cm³/mol. The van der Waals surface area contributed by atoms with E-state index in [1.54, 1.807) is 0 Å². The van der Waals surface area contributed by atoms with Crippen LogP contribution in [0.1, 0.15) is 47.3 Å². The van der Waals surface area contributed by atoms with E-state index in [0.29, 0.717) is 0 Å². The van der Waals surface area contributed by atoms with Crippen molar-refractivity contribution in [2.24, 2.45) is 0 Å². The van der Waals surface area contributed by atoms with Gasteiger partial charge in [-0.25, -0.2) is 4.79 Å². The summed E-state index contributed by atoms with van der Waals surface area (Å²) in [7, 11) is 0. The molecule has 0 aromatic heterocycles. The quantitative estimate of drug-likeness (QED) is 0.496. The van der Waals surface area contributed by atoms with Gasteiger partial charge in [-0.2, -0.15) is 0 Å². The molecular weight excluding hydrogens is 348 g/mol. The summed E-state index contributed by atoms with van der Waals surface area (Å²) in [5.74, 6) is -1.17. The number of nitro benzene ring substituents is 1. The summed E-state index contributed by atoms with van der Waals surface area (Å²) in [6.45, 7) is 1.49. The maximum Gasteiger partial charge on any atom is 0.339 e. The molecular formula is C20H20N2O5. The van der Waals surface area contributed by atoms with Gasteiger partial charge < -0.3 is 10.1 Å². The molecule has 27 heavy (non-hydrogen) atoms. The van der Waals surface area contributed by atoms with Crippen molar-refractivity contribution < 1.29 is 19.2 Å². The Balaban J connectivity index is 1.64. The lowest BCUT2D eigenvalue weighted by atomic mass is 9.87. The summed E-state index contributed by atoms with van der Waals surface area (Å²) in [5.41, 5.74) is 2.14. The number of benzene rings is 2. The van der Waals surface area contributed by atoms with Gasteiger partial charge in [0.15, 0.2) is 6.10 Å². The molecule has 0 saturated heterocycles. The second kappa shape index (κ2) is 7.99. The standard InChI is InChI=1S/C20H20N2O5/c1-13(27-20(24)15-8-4-9-16(12-15)22(25)26)19(23)21-18-11-5-7-14-6-2-3-10-17(14)18/h2-4,6,8-10,12-13,18H,5,7,11H2,1H3,(H,21,23)/t13-,18-/m0/s1. The van der Waals surface area contributed by atoms with Crippen LogP contribution in [0.25, 0.3) is 0 Å². The van der Waals surface area contributed by atoms with Gasteiger partial charge in [-0.1, -0.05) is 30.3 Å². The van der Waals surface area contributed by atoms with Crippen molar-refractivity contribution in [1.82, 2.24) is 5.32 Å². The van der Waals surface area contributed by atoms with E-state index >= 15 is 0 Å². The molecule has 0 unspecified atom stereocenters. The Morgan fingerprint density at radius 1 is 1.22 bits per heavy atom. The van der Waals surface area contributed by atoms with Crippen LogP contribution in [-0.4, -0.2) is 22.9 Å². The van der Waals surface area contributed by atoms with E-state index in [2.05, 4.69) is 11.4 Å². The molecule has 1 aliphatic carbocycles. The van der Waals surface area contributed by atoms with Crippen LogP contribution in [0.3, 0.4) is 0 Å². The molecule has 0 radical (unpaired) electrons. The number of carbonyl (C=O) groups is 2. The molecule has 0 spiro atoms. The van der Waals surface area contributed by atoms with Crippen molar-refractivity contribution in [3.05, 3.63) is 75.3 Å². The zero-order valence-electron chi connectivity index (χ0n) is 14.9. The summed E-state index contributed by atoms with van der Waals surface area (Å²) >= 11 is 0. The fraction of sp³-hybridized carbons (Fsp3) is 0.300. The molecule has 3 rings (SSSR count). The normalized spacial score (nSPS) is 16.7. The Morgan fingerprint density at radius 2 is 2.00 bits per heavy atom. The fourth-order valence-corrected chi connectivity index (χ4v) is 3.22. The van der Waals surface area contributed by atoms with E-state index in [9.17, 15) is 19.7 Å². The molecule has 1 aliphatic rings. The third-order valence-corrected chi connectivity index (χ3v) is 4.63. The van der Waals surface area contributed by atoms with E-state index in [1.807, 2.05) is 18.2 Å². The molecule has 7 nitrogen and oxygen atoms in total. The molecule has 2 aromatic carbocycles. The molecule has 1 N–H and O–H groups in total. The van der Waals surface area contributed by atoms with E-state index in [1.165, 1.54) is 30.7 Å². The highest BCUT2D eigenvalue weighted by Gasteiger charge is 2.26. The SMILES string of the molecule is C[C@H](OC(=O)c1cccc([N+](=O)[O-])c1)C(=O)N[C@H]1CCCc2ccccc21. The van der Waals surface area contributed by atoms with Crippen LogP contribution >= 0.6 is 0 Å². The summed E-state index contributed by atoms with van der Waals surface area (Å²) in [4.78, 5) is 34.9. The van der Waals surface area contributed by atoms with Gasteiger partial charge in [0.2, 0.25) is 0 Å². The molecule has 0 saturated carbocycles.